The molecule has 0 nitrogen and oxygen atoms in total. The second-order valence-corrected chi connectivity index (χ2v) is 3.75. The topological polar surface area (TPSA) is 0 Å². The molecule has 12 heavy (non-hydrogen) atoms. The van der Waals surface area contributed by atoms with E-state index in [4.69, 9.17) is 0 Å². The van der Waals surface area contributed by atoms with Gasteiger partial charge in [-0.15, -0.1) is 12.6 Å². The Labute approximate surface area is 78.7 Å². The molecule has 0 aliphatic heterocycles. The molecule has 1 aliphatic carbocycles. The van der Waals surface area contributed by atoms with Crippen molar-refractivity contribution in [1.29, 1.82) is 0 Å². The van der Waals surface area contributed by atoms with E-state index in [9.17, 15) is 0 Å². The van der Waals surface area contributed by atoms with Crippen molar-refractivity contribution in [2.45, 2.75) is 23.7 Å². The zero-order valence-corrected chi connectivity index (χ0v) is 7.80. The highest BCUT2D eigenvalue weighted by Crippen LogP contribution is 2.29. The van der Waals surface area contributed by atoms with Gasteiger partial charge in [-0.25, -0.2) is 0 Å². The van der Waals surface area contributed by atoms with Gasteiger partial charge < -0.3 is 0 Å². The summed E-state index contributed by atoms with van der Waals surface area (Å²) in [6.07, 6.45) is 6.90. The lowest BCUT2D eigenvalue weighted by molar-refractivity contribution is 0.751. The van der Waals surface area contributed by atoms with Gasteiger partial charge in [0.1, 0.15) is 0 Å². The fourth-order valence-electron chi connectivity index (χ4n) is 1.67. The van der Waals surface area contributed by atoms with Crippen LogP contribution in [0.4, 0.5) is 0 Å². The van der Waals surface area contributed by atoms with Gasteiger partial charge in [-0.2, -0.15) is 0 Å². The first kappa shape index (κ1) is 7.93. The Kier molecular flexibility index (Phi) is 2.22. The van der Waals surface area contributed by atoms with Crippen molar-refractivity contribution in [1.82, 2.24) is 0 Å². The normalized spacial score (nSPS) is 17.1. The zero-order valence-electron chi connectivity index (χ0n) is 6.90. The molecule has 0 saturated heterocycles. The molecule has 2 rings (SSSR count). The number of thiol groups is 1. The Morgan fingerprint density at radius 1 is 1.17 bits per heavy atom. The Bertz CT molecular complexity index is 294. The fourth-order valence-corrected chi connectivity index (χ4v) is 1.90. The minimum atomic E-state index is 0.706. The van der Waals surface area contributed by atoms with E-state index in [1.807, 2.05) is 6.07 Å². The van der Waals surface area contributed by atoms with Crippen molar-refractivity contribution >= 4 is 12.6 Å². The Balaban J connectivity index is 2.22. The standard InChI is InChI=1S/C11H12S/c12-11-7-3-6-10(8-11)9-4-1-2-5-9/h1-3,6-9,12H,4-5H2. The number of rotatable bonds is 1. The smallest absolute Gasteiger partial charge is 0.00428 e. The van der Waals surface area contributed by atoms with E-state index in [1.165, 1.54) is 18.4 Å². The average Bonchev–Trinajstić information content (AvgIpc) is 2.56. The van der Waals surface area contributed by atoms with Crippen LogP contribution in [0.1, 0.15) is 24.3 Å². The van der Waals surface area contributed by atoms with Crippen molar-refractivity contribution in [3.05, 3.63) is 42.0 Å². The first-order valence-electron chi connectivity index (χ1n) is 4.30. The molecule has 1 aliphatic rings. The Morgan fingerprint density at radius 2 is 1.92 bits per heavy atom. The highest BCUT2D eigenvalue weighted by atomic mass is 32.1. The number of hydrogen-bond donors (Lipinski definition) is 1. The third-order valence-corrected chi connectivity index (χ3v) is 2.63. The summed E-state index contributed by atoms with van der Waals surface area (Å²) in [5.41, 5.74) is 1.42. The molecule has 0 saturated carbocycles. The van der Waals surface area contributed by atoms with Crippen LogP contribution in [-0.4, -0.2) is 0 Å². The maximum Gasteiger partial charge on any atom is 0.00428 e. The zero-order chi connectivity index (χ0) is 8.39. The number of benzene rings is 1. The van der Waals surface area contributed by atoms with Crippen LogP contribution >= 0.6 is 12.6 Å². The van der Waals surface area contributed by atoms with Gasteiger partial charge in [-0.1, -0.05) is 24.3 Å². The van der Waals surface area contributed by atoms with Crippen LogP contribution in [0.2, 0.25) is 0 Å². The van der Waals surface area contributed by atoms with Gasteiger partial charge in [0.25, 0.3) is 0 Å². The van der Waals surface area contributed by atoms with Crippen molar-refractivity contribution in [2.24, 2.45) is 0 Å². The maximum absolute atomic E-state index is 4.33. The van der Waals surface area contributed by atoms with E-state index in [1.54, 1.807) is 0 Å². The summed E-state index contributed by atoms with van der Waals surface area (Å²) in [4.78, 5) is 1.07. The predicted octanol–water partition coefficient (Wildman–Crippen LogP) is 3.41. The van der Waals surface area contributed by atoms with E-state index in [-0.39, 0.29) is 0 Å². The molecule has 0 amide bonds. The lowest BCUT2D eigenvalue weighted by Crippen LogP contribution is -1.91. The summed E-state index contributed by atoms with van der Waals surface area (Å²) in [6.45, 7) is 0. The lowest BCUT2D eigenvalue weighted by atomic mass is 9.97. The minimum Gasteiger partial charge on any atom is -0.143 e. The van der Waals surface area contributed by atoms with E-state index in [0.717, 1.165) is 4.90 Å². The average molecular weight is 176 g/mol. The number of hydrogen-bond acceptors (Lipinski definition) is 1. The van der Waals surface area contributed by atoms with Gasteiger partial charge in [-0.3, -0.25) is 0 Å². The molecule has 1 aromatic carbocycles. The monoisotopic (exact) mass is 176 g/mol. The maximum atomic E-state index is 4.33. The van der Waals surface area contributed by atoms with E-state index in [0.29, 0.717) is 5.92 Å². The second-order valence-electron chi connectivity index (χ2n) is 3.23. The molecule has 62 valence electrons. The molecule has 0 spiro atoms. The summed E-state index contributed by atoms with van der Waals surface area (Å²) in [5.74, 6) is 0.706. The lowest BCUT2D eigenvalue weighted by Gasteiger charge is -2.09. The molecule has 0 heterocycles. The van der Waals surface area contributed by atoms with Gasteiger partial charge in [0.15, 0.2) is 0 Å². The van der Waals surface area contributed by atoms with Gasteiger partial charge in [0, 0.05) is 4.90 Å². The van der Waals surface area contributed by atoms with Crippen LogP contribution in [0.15, 0.2) is 41.3 Å². The van der Waals surface area contributed by atoms with Gasteiger partial charge in [0.2, 0.25) is 0 Å². The summed E-state index contributed by atoms with van der Waals surface area (Å²) < 4.78 is 0. The fraction of sp³-hybridized carbons (Fsp3) is 0.273. The van der Waals surface area contributed by atoms with Crippen LogP contribution in [-0.2, 0) is 0 Å². The third kappa shape index (κ3) is 1.56. The van der Waals surface area contributed by atoms with Crippen LogP contribution in [0.5, 0.6) is 0 Å². The number of allylic oxidation sites excluding steroid dienone is 2. The minimum absolute atomic E-state index is 0.706. The SMILES string of the molecule is Sc1cccc(C2CC=CC2)c1. The van der Waals surface area contributed by atoms with Crippen LogP contribution in [0.25, 0.3) is 0 Å². The highest BCUT2D eigenvalue weighted by molar-refractivity contribution is 7.80. The second kappa shape index (κ2) is 3.36. The van der Waals surface area contributed by atoms with Crippen molar-refractivity contribution in [2.75, 3.05) is 0 Å². The molecule has 0 radical (unpaired) electrons. The first-order valence-corrected chi connectivity index (χ1v) is 4.75. The third-order valence-electron chi connectivity index (χ3n) is 2.35. The summed E-state index contributed by atoms with van der Waals surface area (Å²) >= 11 is 4.33. The van der Waals surface area contributed by atoms with E-state index in [2.05, 4.69) is 43.0 Å². The van der Waals surface area contributed by atoms with Gasteiger partial charge >= 0.3 is 0 Å². The largest absolute Gasteiger partial charge is 0.143 e. The molecule has 0 bridgehead atoms. The molecular weight excluding hydrogens is 164 g/mol. The summed E-state index contributed by atoms with van der Waals surface area (Å²) in [5, 5.41) is 0. The van der Waals surface area contributed by atoms with Crippen molar-refractivity contribution in [3.8, 4) is 0 Å². The van der Waals surface area contributed by atoms with Gasteiger partial charge in [0.05, 0.1) is 0 Å². The van der Waals surface area contributed by atoms with E-state index >= 15 is 0 Å². The summed E-state index contributed by atoms with van der Waals surface area (Å²) in [6, 6.07) is 8.46. The molecule has 0 fully saturated rings. The summed E-state index contributed by atoms with van der Waals surface area (Å²) in [7, 11) is 0. The van der Waals surface area contributed by atoms with E-state index < -0.39 is 0 Å². The molecule has 1 aromatic rings. The van der Waals surface area contributed by atoms with Crippen LogP contribution < -0.4 is 0 Å². The molecule has 0 aromatic heterocycles. The predicted molar refractivity (Wildman–Crippen MR) is 54.8 cm³/mol. The molecule has 1 heteroatoms. The van der Waals surface area contributed by atoms with Gasteiger partial charge in [-0.05, 0) is 36.5 Å². The Hall–Kier alpha value is -0.690. The highest BCUT2D eigenvalue weighted by Gasteiger charge is 2.11. The molecule has 0 atom stereocenters. The Morgan fingerprint density at radius 3 is 2.58 bits per heavy atom. The van der Waals surface area contributed by atoms with Crippen molar-refractivity contribution in [3.63, 3.8) is 0 Å². The van der Waals surface area contributed by atoms with Crippen LogP contribution in [0, 0.1) is 0 Å². The molecule has 0 N–H and O–H groups in total. The quantitative estimate of drug-likeness (QED) is 0.492. The molecular formula is C11H12S. The van der Waals surface area contributed by atoms with Crippen LogP contribution in [0.3, 0.4) is 0 Å². The van der Waals surface area contributed by atoms with Crippen molar-refractivity contribution < 1.29 is 0 Å². The first-order chi connectivity index (χ1) is 5.86. The molecule has 0 unspecified atom stereocenters.